The minimum absolute atomic E-state index is 0.676. The summed E-state index contributed by atoms with van der Waals surface area (Å²) in [4.78, 5) is 0. The third kappa shape index (κ3) is 8.31. The fourth-order valence-electron chi connectivity index (χ4n) is 1.65. The summed E-state index contributed by atoms with van der Waals surface area (Å²) < 4.78 is 16.0. The van der Waals surface area contributed by atoms with Gasteiger partial charge in [0, 0.05) is 13.7 Å². The van der Waals surface area contributed by atoms with E-state index >= 15 is 0 Å². The number of nitrogens with one attached hydrogen (secondary N) is 1. The van der Waals surface area contributed by atoms with Gasteiger partial charge < -0.3 is 19.2 Å². The van der Waals surface area contributed by atoms with Gasteiger partial charge in [-0.05, 0) is 37.8 Å². The summed E-state index contributed by atoms with van der Waals surface area (Å²) >= 11 is 1.77. The molecule has 0 bridgehead atoms. The summed E-state index contributed by atoms with van der Waals surface area (Å²) in [7, 11) is 1.69. The number of thioether (sulfide) groups is 1. The van der Waals surface area contributed by atoms with Crippen molar-refractivity contribution in [1.29, 1.82) is 0 Å². The van der Waals surface area contributed by atoms with Crippen molar-refractivity contribution >= 4 is 11.8 Å². The number of hydrogen-bond donors (Lipinski definition) is 1. The van der Waals surface area contributed by atoms with E-state index in [4.69, 9.17) is 13.9 Å². The lowest BCUT2D eigenvalue weighted by atomic mass is 10.3. The Kier molecular flexibility index (Phi) is 9.89. The van der Waals surface area contributed by atoms with Crippen molar-refractivity contribution in [2.24, 2.45) is 0 Å². The third-order valence-electron chi connectivity index (χ3n) is 2.63. The molecule has 0 aromatic carbocycles. The molecular formula is C14H25NO3S. The van der Waals surface area contributed by atoms with Crippen LogP contribution in [0.5, 0.6) is 0 Å². The van der Waals surface area contributed by atoms with Gasteiger partial charge >= 0.3 is 0 Å². The molecule has 0 amide bonds. The van der Waals surface area contributed by atoms with E-state index in [1.807, 2.05) is 6.07 Å². The fraction of sp³-hybridized carbons (Fsp3) is 0.714. The van der Waals surface area contributed by atoms with Crippen LogP contribution in [0.4, 0.5) is 0 Å². The van der Waals surface area contributed by atoms with Crippen LogP contribution in [-0.2, 0) is 21.8 Å². The van der Waals surface area contributed by atoms with Gasteiger partial charge in [0.1, 0.15) is 11.5 Å². The van der Waals surface area contributed by atoms with E-state index < -0.39 is 0 Å². The van der Waals surface area contributed by atoms with Crippen molar-refractivity contribution in [2.45, 2.75) is 25.1 Å². The molecule has 0 unspecified atom stereocenters. The highest BCUT2D eigenvalue weighted by molar-refractivity contribution is 7.97. The fourth-order valence-corrected chi connectivity index (χ4v) is 2.09. The Morgan fingerprint density at radius 3 is 2.79 bits per heavy atom. The highest BCUT2D eigenvalue weighted by Crippen LogP contribution is 2.13. The van der Waals surface area contributed by atoms with Gasteiger partial charge in [0.25, 0.3) is 0 Å². The SMILES string of the molecule is COCCOCCCCNCc1ccc(CSC)o1. The average Bonchev–Trinajstić information content (AvgIpc) is 2.85. The second-order valence-electron chi connectivity index (χ2n) is 4.29. The van der Waals surface area contributed by atoms with Crippen molar-refractivity contribution in [1.82, 2.24) is 5.32 Å². The number of rotatable bonds is 12. The molecule has 0 aliphatic carbocycles. The van der Waals surface area contributed by atoms with E-state index in [1.54, 1.807) is 18.9 Å². The summed E-state index contributed by atoms with van der Waals surface area (Å²) in [6, 6.07) is 4.10. The topological polar surface area (TPSA) is 43.6 Å². The van der Waals surface area contributed by atoms with Crippen LogP contribution in [0.3, 0.4) is 0 Å². The molecule has 1 aromatic rings. The average molecular weight is 287 g/mol. The van der Waals surface area contributed by atoms with Crippen molar-refractivity contribution in [3.63, 3.8) is 0 Å². The Morgan fingerprint density at radius 1 is 1.16 bits per heavy atom. The van der Waals surface area contributed by atoms with Crippen molar-refractivity contribution in [3.05, 3.63) is 23.7 Å². The summed E-state index contributed by atoms with van der Waals surface area (Å²) in [5.74, 6) is 3.01. The van der Waals surface area contributed by atoms with Gasteiger partial charge in [0.2, 0.25) is 0 Å². The second kappa shape index (κ2) is 11.3. The lowest BCUT2D eigenvalue weighted by Crippen LogP contribution is -2.15. The van der Waals surface area contributed by atoms with Gasteiger partial charge in [-0.25, -0.2) is 0 Å². The number of methoxy groups -OCH3 is 1. The Bertz CT molecular complexity index is 317. The van der Waals surface area contributed by atoms with Crippen molar-refractivity contribution in [3.8, 4) is 0 Å². The molecule has 0 fully saturated rings. The molecule has 19 heavy (non-hydrogen) atoms. The predicted molar refractivity (Wildman–Crippen MR) is 79.6 cm³/mol. The molecule has 1 N–H and O–H groups in total. The van der Waals surface area contributed by atoms with Crippen molar-refractivity contribution < 1.29 is 13.9 Å². The largest absolute Gasteiger partial charge is 0.464 e. The number of furan rings is 1. The Balaban J connectivity index is 1.92. The predicted octanol–water partition coefficient (Wildman–Crippen LogP) is 2.68. The summed E-state index contributed by atoms with van der Waals surface area (Å²) in [6.45, 7) is 3.97. The van der Waals surface area contributed by atoms with Crippen LogP contribution in [0.25, 0.3) is 0 Å². The highest BCUT2D eigenvalue weighted by atomic mass is 32.2. The second-order valence-corrected chi connectivity index (χ2v) is 5.16. The van der Waals surface area contributed by atoms with Crippen LogP contribution < -0.4 is 5.32 Å². The zero-order valence-corrected chi connectivity index (χ0v) is 12.8. The van der Waals surface area contributed by atoms with Gasteiger partial charge in [-0.1, -0.05) is 0 Å². The van der Waals surface area contributed by atoms with Crippen LogP contribution >= 0.6 is 11.8 Å². The molecule has 5 heteroatoms. The maximum atomic E-state index is 5.67. The molecule has 0 spiro atoms. The minimum Gasteiger partial charge on any atom is -0.464 e. The molecule has 1 heterocycles. The molecule has 0 aliphatic rings. The van der Waals surface area contributed by atoms with E-state index in [-0.39, 0.29) is 0 Å². The molecule has 1 aromatic heterocycles. The Morgan fingerprint density at radius 2 is 2.00 bits per heavy atom. The van der Waals surface area contributed by atoms with Gasteiger partial charge in [0.15, 0.2) is 0 Å². The van der Waals surface area contributed by atoms with Crippen LogP contribution in [0.15, 0.2) is 16.5 Å². The molecular weight excluding hydrogens is 262 g/mol. The molecule has 0 saturated carbocycles. The number of unbranched alkanes of at least 4 members (excludes halogenated alkanes) is 1. The molecule has 1 rings (SSSR count). The smallest absolute Gasteiger partial charge is 0.117 e. The molecule has 0 saturated heterocycles. The Hall–Kier alpha value is -0.490. The first-order valence-corrected chi connectivity index (χ1v) is 8.10. The van der Waals surface area contributed by atoms with E-state index in [2.05, 4.69) is 17.6 Å². The van der Waals surface area contributed by atoms with Gasteiger partial charge in [-0.3, -0.25) is 0 Å². The molecule has 0 radical (unpaired) electrons. The lowest BCUT2D eigenvalue weighted by molar-refractivity contribution is 0.0688. The van der Waals surface area contributed by atoms with E-state index in [9.17, 15) is 0 Å². The van der Waals surface area contributed by atoms with E-state index in [0.717, 1.165) is 49.8 Å². The summed E-state index contributed by atoms with van der Waals surface area (Å²) in [5.41, 5.74) is 0. The lowest BCUT2D eigenvalue weighted by Gasteiger charge is -2.04. The van der Waals surface area contributed by atoms with E-state index in [0.29, 0.717) is 13.2 Å². The first-order valence-electron chi connectivity index (χ1n) is 6.70. The zero-order chi connectivity index (χ0) is 13.8. The first-order chi connectivity index (χ1) is 9.36. The van der Waals surface area contributed by atoms with E-state index in [1.165, 1.54) is 0 Å². The monoisotopic (exact) mass is 287 g/mol. The van der Waals surface area contributed by atoms with Gasteiger partial charge in [-0.2, -0.15) is 11.8 Å². The quantitative estimate of drug-likeness (QED) is 0.599. The highest BCUT2D eigenvalue weighted by Gasteiger charge is 2.00. The summed E-state index contributed by atoms with van der Waals surface area (Å²) in [6.07, 6.45) is 4.27. The maximum absolute atomic E-state index is 5.67. The van der Waals surface area contributed by atoms with Crippen molar-refractivity contribution in [2.75, 3.05) is 39.7 Å². The number of ether oxygens (including phenoxy) is 2. The molecule has 4 nitrogen and oxygen atoms in total. The van der Waals surface area contributed by atoms with Gasteiger partial charge in [0.05, 0.1) is 25.5 Å². The van der Waals surface area contributed by atoms with Gasteiger partial charge in [-0.15, -0.1) is 0 Å². The van der Waals surface area contributed by atoms with Crippen LogP contribution in [0.1, 0.15) is 24.4 Å². The Labute approximate surface area is 120 Å². The third-order valence-corrected chi connectivity index (χ3v) is 3.20. The molecule has 0 atom stereocenters. The standard InChI is InChI=1S/C14H25NO3S/c1-16-9-10-17-8-4-3-7-15-11-13-5-6-14(18-13)12-19-2/h5-6,15H,3-4,7-12H2,1-2H3. The normalized spacial score (nSPS) is 11.1. The van der Waals surface area contributed by atoms with Crippen LogP contribution in [-0.4, -0.2) is 39.7 Å². The van der Waals surface area contributed by atoms with Crippen LogP contribution in [0, 0.1) is 0 Å². The van der Waals surface area contributed by atoms with Crippen LogP contribution in [0.2, 0.25) is 0 Å². The zero-order valence-electron chi connectivity index (χ0n) is 11.9. The molecule has 0 aliphatic heterocycles. The maximum Gasteiger partial charge on any atom is 0.117 e. The summed E-state index contributed by atoms with van der Waals surface area (Å²) in [5, 5.41) is 3.38. The molecule has 110 valence electrons. The number of hydrogen-bond acceptors (Lipinski definition) is 5. The minimum atomic E-state index is 0.676. The first kappa shape index (κ1) is 16.6.